The topological polar surface area (TPSA) is 71.3 Å². The van der Waals surface area contributed by atoms with Crippen molar-refractivity contribution in [2.75, 3.05) is 19.0 Å². The van der Waals surface area contributed by atoms with Crippen LogP contribution >= 0.6 is 31.9 Å². The van der Waals surface area contributed by atoms with Crippen LogP contribution in [-0.4, -0.2) is 19.6 Å². The van der Waals surface area contributed by atoms with Crippen molar-refractivity contribution in [3.05, 3.63) is 56.5 Å². The van der Waals surface area contributed by atoms with E-state index in [1.165, 1.54) is 13.2 Å². The summed E-state index contributed by atoms with van der Waals surface area (Å²) < 4.78 is 12.3. The van der Waals surface area contributed by atoms with Crippen molar-refractivity contribution in [3.8, 4) is 17.6 Å². The molecule has 0 spiro atoms. The number of nitrogens with zero attached hydrogens (tertiary/aromatic N) is 1. The highest BCUT2D eigenvalue weighted by Gasteiger charge is 2.15. The maximum absolute atomic E-state index is 12.6. The van der Waals surface area contributed by atoms with Crippen LogP contribution in [0.1, 0.15) is 12.5 Å². The van der Waals surface area contributed by atoms with Crippen LogP contribution in [0.4, 0.5) is 5.69 Å². The van der Waals surface area contributed by atoms with Gasteiger partial charge in [0.25, 0.3) is 5.91 Å². The normalized spacial score (nSPS) is 10.8. The van der Waals surface area contributed by atoms with Crippen molar-refractivity contribution >= 4 is 49.5 Å². The van der Waals surface area contributed by atoms with Crippen LogP contribution < -0.4 is 14.8 Å². The summed E-state index contributed by atoms with van der Waals surface area (Å²) in [6.07, 6.45) is 1.48. The fraction of sp³-hybridized carbons (Fsp3) is 0.158. The van der Waals surface area contributed by atoms with E-state index in [0.29, 0.717) is 33.8 Å². The number of para-hydroxylation sites is 2. The summed E-state index contributed by atoms with van der Waals surface area (Å²) >= 11 is 6.79. The van der Waals surface area contributed by atoms with E-state index in [4.69, 9.17) is 9.47 Å². The number of benzene rings is 2. The highest BCUT2D eigenvalue weighted by molar-refractivity contribution is 9.11. The first-order chi connectivity index (χ1) is 12.5. The molecule has 7 heteroatoms. The smallest absolute Gasteiger partial charge is 0.266 e. The monoisotopic (exact) mass is 478 g/mol. The maximum Gasteiger partial charge on any atom is 0.266 e. The number of ether oxygens (including phenoxy) is 2. The van der Waals surface area contributed by atoms with E-state index in [1.807, 2.05) is 25.1 Å². The standard InChI is InChI=1S/C19H16Br2N2O3/c1-3-26-17-7-5-4-6-16(17)23-19(24)13(11-22)8-12-9-14(20)10-15(21)18(12)25-2/h4-10H,3H2,1-2H3,(H,23,24)/b13-8+. The molecular formula is C19H16Br2N2O3. The fourth-order valence-corrected chi connectivity index (χ4v) is 3.67. The zero-order valence-electron chi connectivity index (χ0n) is 14.2. The lowest BCUT2D eigenvalue weighted by Gasteiger charge is -2.11. The van der Waals surface area contributed by atoms with Gasteiger partial charge in [-0.15, -0.1) is 0 Å². The molecule has 0 saturated heterocycles. The van der Waals surface area contributed by atoms with Gasteiger partial charge in [-0.05, 0) is 53.2 Å². The van der Waals surface area contributed by atoms with E-state index < -0.39 is 5.91 Å². The molecule has 0 unspecified atom stereocenters. The minimum absolute atomic E-state index is 0.0559. The Bertz CT molecular complexity index is 889. The summed E-state index contributed by atoms with van der Waals surface area (Å²) in [5.41, 5.74) is 1.04. The molecule has 5 nitrogen and oxygen atoms in total. The average Bonchev–Trinajstić information content (AvgIpc) is 2.61. The Balaban J connectivity index is 2.36. The zero-order chi connectivity index (χ0) is 19.1. The number of anilines is 1. The second-order valence-corrected chi connectivity index (χ2v) is 6.83. The predicted molar refractivity (Wildman–Crippen MR) is 108 cm³/mol. The molecule has 1 amide bonds. The Morgan fingerprint density at radius 3 is 2.69 bits per heavy atom. The second-order valence-electron chi connectivity index (χ2n) is 5.06. The van der Waals surface area contributed by atoms with Gasteiger partial charge in [-0.1, -0.05) is 28.1 Å². The van der Waals surface area contributed by atoms with E-state index in [0.717, 1.165) is 4.47 Å². The Kier molecular flexibility index (Phi) is 7.25. The molecule has 0 atom stereocenters. The molecular weight excluding hydrogens is 464 g/mol. The quantitative estimate of drug-likeness (QED) is 0.458. The van der Waals surface area contributed by atoms with Crippen LogP contribution in [0.3, 0.4) is 0 Å². The first kappa shape index (κ1) is 20.0. The summed E-state index contributed by atoms with van der Waals surface area (Å²) in [5, 5.41) is 12.2. The van der Waals surface area contributed by atoms with Crippen LogP contribution in [0.25, 0.3) is 6.08 Å². The molecule has 0 aliphatic heterocycles. The third kappa shape index (κ3) is 4.87. The Labute approximate surface area is 168 Å². The number of nitrogens with one attached hydrogen (secondary N) is 1. The summed E-state index contributed by atoms with van der Waals surface area (Å²) in [7, 11) is 1.52. The van der Waals surface area contributed by atoms with Gasteiger partial charge in [-0.3, -0.25) is 4.79 Å². The molecule has 0 bridgehead atoms. The molecule has 0 heterocycles. The lowest BCUT2D eigenvalue weighted by molar-refractivity contribution is -0.112. The number of carbonyl (C=O) groups excluding carboxylic acids is 1. The van der Waals surface area contributed by atoms with E-state index in [1.54, 1.807) is 24.3 Å². The number of halogens is 2. The highest BCUT2D eigenvalue weighted by Crippen LogP contribution is 2.34. The van der Waals surface area contributed by atoms with Gasteiger partial charge < -0.3 is 14.8 Å². The summed E-state index contributed by atoms with van der Waals surface area (Å²) in [5.74, 6) is 0.546. The van der Waals surface area contributed by atoms with E-state index in [-0.39, 0.29) is 5.57 Å². The predicted octanol–water partition coefficient (Wildman–Crippen LogP) is 5.16. The minimum Gasteiger partial charge on any atom is -0.495 e. The molecule has 2 rings (SSSR count). The first-order valence-corrected chi connectivity index (χ1v) is 9.26. The average molecular weight is 480 g/mol. The minimum atomic E-state index is -0.530. The van der Waals surface area contributed by atoms with Crippen LogP contribution in [-0.2, 0) is 4.79 Å². The molecule has 1 N–H and O–H groups in total. The number of rotatable bonds is 6. The van der Waals surface area contributed by atoms with Crippen molar-refractivity contribution in [3.63, 3.8) is 0 Å². The van der Waals surface area contributed by atoms with Crippen LogP contribution in [0.2, 0.25) is 0 Å². The lowest BCUT2D eigenvalue weighted by Crippen LogP contribution is -2.14. The van der Waals surface area contributed by atoms with E-state index in [9.17, 15) is 10.1 Å². The summed E-state index contributed by atoms with van der Waals surface area (Å²) in [6.45, 7) is 2.33. The van der Waals surface area contributed by atoms with Gasteiger partial charge in [-0.25, -0.2) is 0 Å². The van der Waals surface area contributed by atoms with Gasteiger partial charge in [0, 0.05) is 10.0 Å². The third-order valence-electron chi connectivity index (χ3n) is 3.34. The van der Waals surface area contributed by atoms with Gasteiger partial charge in [-0.2, -0.15) is 5.26 Å². The first-order valence-electron chi connectivity index (χ1n) is 7.68. The number of nitriles is 1. The van der Waals surface area contributed by atoms with E-state index in [2.05, 4.69) is 37.2 Å². The van der Waals surface area contributed by atoms with Crippen molar-refractivity contribution in [2.45, 2.75) is 6.92 Å². The molecule has 0 aliphatic carbocycles. The molecule has 0 aromatic heterocycles. The van der Waals surface area contributed by atoms with E-state index >= 15 is 0 Å². The molecule has 0 aliphatic rings. The molecule has 0 radical (unpaired) electrons. The van der Waals surface area contributed by atoms with Gasteiger partial charge in [0.1, 0.15) is 23.1 Å². The number of methoxy groups -OCH3 is 1. The van der Waals surface area contributed by atoms with Crippen LogP contribution in [0.5, 0.6) is 11.5 Å². The molecule has 2 aromatic rings. The van der Waals surface area contributed by atoms with Crippen LogP contribution in [0.15, 0.2) is 50.9 Å². The summed E-state index contributed by atoms with van der Waals surface area (Å²) in [4.78, 5) is 12.6. The van der Waals surface area contributed by atoms with Gasteiger partial charge in [0.15, 0.2) is 0 Å². The molecule has 26 heavy (non-hydrogen) atoms. The molecule has 0 fully saturated rings. The molecule has 2 aromatic carbocycles. The van der Waals surface area contributed by atoms with Gasteiger partial charge in [0.05, 0.1) is 23.9 Å². The number of carbonyl (C=O) groups is 1. The third-order valence-corrected chi connectivity index (χ3v) is 4.39. The van der Waals surface area contributed by atoms with Crippen molar-refractivity contribution in [1.82, 2.24) is 0 Å². The maximum atomic E-state index is 12.6. The molecule has 0 saturated carbocycles. The fourth-order valence-electron chi connectivity index (χ4n) is 2.25. The number of hydrogen-bond acceptors (Lipinski definition) is 4. The number of hydrogen-bond donors (Lipinski definition) is 1. The summed E-state index contributed by atoms with van der Waals surface area (Å²) in [6, 6.07) is 12.6. The largest absolute Gasteiger partial charge is 0.495 e. The van der Waals surface area contributed by atoms with Crippen LogP contribution in [0, 0.1) is 11.3 Å². The van der Waals surface area contributed by atoms with Crippen molar-refractivity contribution in [1.29, 1.82) is 5.26 Å². The highest BCUT2D eigenvalue weighted by atomic mass is 79.9. The Hall–Kier alpha value is -2.30. The van der Waals surface area contributed by atoms with Gasteiger partial charge >= 0.3 is 0 Å². The van der Waals surface area contributed by atoms with Crippen molar-refractivity contribution in [2.24, 2.45) is 0 Å². The Morgan fingerprint density at radius 2 is 2.04 bits per heavy atom. The SMILES string of the molecule is CCOc1ccccc1NC(=O)/C(C#N)=C/c1cc(Br)cc(Br)c1OC. The Morgan fingerprint density at radius 1 is 1.31 bits per heavy atom. The van der Waals surface area contributed by atoms with Gasteiger partial charge in [0.2, 0.25) is 0 Å². The molecule has 134 valence electrons. The lowest BCUT2D eigenvalue weighted by atomic mass is 10.1. The van der Waals surface area contributed by atoms with Crippen molar-refractivity contribution < 1.29 is 14.3 Å². The second kappa shape index (κ2) is 9.41. The zero-order valence-corrected chi connectivity index (χ0v) is 17.3. The number of amides is 1.